The van der Waals surface area contributed by atoms with E-state index in [-0.39, 0.29) is 0 Å². The number of hydrogen-bond donors (Lipinski definition) is 3. The molecule has 0 spiro atoms. The molecule has 0 saturated carbocycles. The number of amides is 2. The van der Waals surface area contributed by atoms with Gasteiger partial charge in [-0.25, -0.2) is 4.79 Å². The fourth-order valence-corrected chi connectivity index (χ4v) is 2.34. The fraction of sp³-hybridized carbons (Fsp3) is 0.500. The first kappa shape index (κ1) is 13.7. The highest BCUT2D eigenvalue weighted by molar-refractivity contribution is 5.87. The Morgan fingerprint density at radius 2 is 1.84 bits per heavy atom. The van der Waals surface area contributed by atoms with Gasteiger partial charge in [-0.2, -0.15) is 0 Å². The lowest BCUT2D eigenvalue weighted by molar-refractivity contribution is 0.226. The summed E-state index contributed by atoms with van der Waals surface area (Å²) in [6, 6.07) is 7.08. The van der Waals surface area contributed by atoms with E-state index in [4.69, 9.17) is 5.73 Å². The summed E-state index contributed by atoms with van der Waals surface area (Å²) >= 11 is 0. The number of nitrogens with zero attached hydrogens (tertiary/aromatic N) is 1. The molecule has 0 unspecified atom stereocenters. The van der Waals surface area contributed by atoms with E-state index in [0.29, 0.717) is 0 Å². The van der Waals surface area contributed by atoms with Crippen molar-refractivity contribution in [3.8, 4) is 0 Å². The molecule has 2 amide bonds. The van der Waals surface area contributed by atoms with Gasteiger partial charge in [0.05, 0.1) is 0 Å². The van der Waals surface area contributed by atoms with E-state index >= 15 is 0 Å². The van der Waals surface area contributed by atoms with Gasteiger partial charge in [0, 0.05) is 17.9 Å². The first-order valence-electron chi connectivity index (χ1n) is 6.72. The van der Waals surface area contributed by atoms with Crippen LogP contribution < -0.4 is 16.4 Å². The molecule has 0 radical (unpaired) electrons. The van der Waals surface area contributed by atoms with Gasteiger partial charge >= 0.3 is 6.03 Å². The summed E-state index contributed by atoms with van der Waals surface area (Å²) in [7, 11) is 2.17. The number of nitrogens with one attached hydrogen (secondary N) is 2. The molecule has 1 aromatic carbocycles. The van der Waals surface area contributed by atoms with Crippen molar-refractivity contribution in [2.45, 2.75) is 12.8 Å². The number of carbonyl (C=O) groups is 1. The van der Waals surface area contributed by atoms with Crippen LogP contribution >= 0.6 is 0 Å². The standard InChI is InChI=1S/C14H22N4O/c1-18-8-6-11(7-9-18)10-16-12-2-4-13(5-3-12)17-14(15)19/h2-5,11,16H,6-10H2,1H3,(H3,15,17,19). The van der Waals surface area contributed by atoms with Crippen molar-refractivity contribution in [1.82, 2.24) is 4.90 Å². The SMILES string of the molecule is CN1CCC(CNc2ccc(NC(N)=O)cc2)CC1. The van der Waals surface area contributed by atoms with Crippen LogP contribution in [0.3, 0.4) is 0 Å². The first-order valence-corrected chi connectivity index (χ1v) is 6.72. The largest absolute Gasteiger partial charge is 0.385 e. The average molecular weight is 262 g/mol. The first-order chi connectivity index (χ1) is 9.13. The van der Waals surface area contributed by atoms with Crippen LogP contribution in [0.15, 0.2) is 24.3 Å². The van der Waals surface area contributed by atoms with Crippen molar-refractivity contribution in [3.63, 3.8) is 0 Å². The highest BCUT2D eigenvalue weighted by Crippen LogP contribution is 2.18. The summed E-state index contributed by atoms with van der Waals surface area (Å²) in [5.74, 6) is 0.750. The molecule has 1 aliphatic heterocycles. The molecule has 1 saturated heterocycles. The molecule has 5 nitrogen and oxygen atoms in total. The van der Waals surface area contributed by atoms with Crippen LogP contribution in [0.25, 0.3) is 0 Å². The minimum absolute atomic E-state index is 0.535. The Kier molecular flexibility index (Phi) is 4.63. The Morgan fingerprint density at radius 3 is 2.42 bits per heavy atom. The van der Waals surface area contributed by atoms with Crippen LogP contribution in [-0.2, 0) is 0 Å². The zero-order chi connectivity index (χ0) is 13.7. The predicted molar refractivity (Wildman–Crippen MR) is 78.4 cm³/mol. The lowest BCUT2D eigenvalue weighted by Gasteiger charge is -2.29. The van der Waals surface area contributed by atoms with Crippen LogP contribution in [0.1, 0.15) is 12.8 Å². The number of anilines is 2. The fourth-order valence-electron chi connectivity index (χ4n) is 2.34. The minimum Gasteiger partial charge on any atom is -0.385 e. The van der Waals surface area contributed by atoms with Gasteiger partial charge in [0.2, 0.25) is 0 Å². The number of urea groups is 1. The molecular formula is C14H22N4O. The van der Waals surface area contributed by atoms with Gasteiger partial charge in [0.15, 0.2) is 0 Å². The van der Waals surface area contributed by atoms with Gasteiger partial charge in [0.25, 0.3) is 0 Å². The zero-order valence-electron chi connectivity index (χ0n) is 11.4. The summed E-state index contributed by atoms with van der Waals surface area (Å²) in [6.45, 7) is 3.39. The molecule has 0 atom stereocenters. The third kappa shape index (κ3) is 4.44. The lowest BCUT2D eigenvalue weighted by atomic mass is 9.97. The summed E-state index contributed by atoms with van der Waals surface area (Å²) < 4.78 is 0. The average Bonchev–Trinajstić information content (AvgIpc) is 2.39. The van der Waals surface area contributed by atoms with Crippen molar-refractivity contribution in [2.75, 3.05) is 37.3 Å². The summed E-state index contributed by atoms with van der Waals surface area (Å²) in [4.78, 5) is 13.1. The van der Waals surface area contributed by atoms with Crippen LogP contribution in [-0.4, -0.2) is 37.6 Å². The van der Waals surface area contributed by atoms with E-state index in [1.807, 2.05) is 24.3 Å². The van der Waals surface area contributed by atoms with E-state index in [9.17, 15) is 4.79 Å². The highest BCUT2D eigenvalue weighted by atomic mass is 16.2. The summed E-state index contributed by atoms with van der Waals surface area (Å²) in [5.41, 5.74) is 6.86. The monoisotopic (exact) mass is 262 g/mol. The van der Waals surface area contributed by atoms with Gasteiger partial charge < -0.3 is 21.3 Å². The Balaban J connectivity index is 1.78. The molecule has 1 fully saturated rings. The molecule has 0 aliphatic carbocycles. The molecule has 2 rings (SSSR count). The van der Waals surface area contributed by atoms with Crippen LogP contribution in [0.2, 0.25) is 0 Å². The van der Waals surface area contributed by atoms with Crippen LogP contribution in [0.5, 0.6) is 0 Å². The van der Waals surface area contributed by atoms with Crippen LogP contribution in [0, 0.1) is 5.92 Å². The van der Waals surface area contributed by atoms with Crippen molar-refractivity contribution in [3.05, 3.63) is 24.3 Å². The van der Waals surface area contributed by atoms with Crippen LogP contribution in [0.4, 0.5) is 16.2 Å². The molecule has 1 heterocycles. The Morgan fingerprint density at radius 1 is 1.26 bits per heavy atom. The Hall–Kier alpha value is -1.75. The quantitative estimate of drug-likeness (QED) is 0.776. The van der Waals surface area contributed by atoms with Gasteiger partial charge in [-0.3, -0.25) is 0 Å². The Labute approximate surface area is 114 Å². The van der Waals surface area contributed by atoms with E-state index < -0.39 is 6.03 Å². The van der Waals surface area contributed by atoms with Crippen molar-refractivity contribution in [1.29, 1.82) is 0 Å². The number of likely N-dealkylation sites (tertiary alicyclic amines) is 1. The maximum absolute atomic E-state index is 10.7. The predicted octanol–water partition coefficient (Wildman–Crippen LogP) is 1.93. The molecule has 0 aromatic heterocycles. The lowest BCUT2D eigenvalue weighted by Crippen LogP contribution is -2.32. The smallest absolute Gasteiger partial charge is 0.316 e. The number of benzene rings is 1. The highest BCUT2D eigenvalue weighted by Gasteiger charge is 2.15. The van der Waals surface area contributed by atoms with Crippen molar-refractivity contribution < 1.29 is 4.79 Å². The number of piperidine rings is 1. The topological polar surface area (TPSA) is 70.4 Å². The van der Waals surface area contributed by atoms with Crippen molar-refractivity contribution >= 4 is 17.4 Å². The molecular weight excluding hydrogens is 240 g/mol. The minimum atomic E-state index is -0.535. The third-order valence-corrected chi connectivity index (χ3v) is 3.59. The zero-order valence-corrected chi connectivity index (χ0v) is 11.4. The van der Waals surface area contributed by atoms with E-state index in [1.54, 1.807) is 0 Å². The van der Waals surface area contributed by atoms with Gasteiger partial charge in [-0.15, -0.1) is 0 Å². The number of primary amides is 1. The maximum atomic E-state index is 10.7. The summed E-state index contributed by atoms with van der Waals surface area (Å²) in [5, 5.41) is 6.00. The van der Waals surface area contributed by atoms with E-state index in [2.05, 4.69) is 22.6 Å². The summed E-state index contributed by atoms with van der Waals surface area (Å²) in [6.07, 6.45) is 2.51. The van der Waals surface area contributed by atoms with Gasteiger partial charge in [-0.1, -0.05) is 0 Å². The molecule has 19 heavy (non-hydrogen) atoms. The van der Waals surface area contributed by atoms with Gasteiger partial charge in [-0.05, 0) is 63.2 Å². The number of carbonyl (C=O) groups excluding carboxylic acids is 1. The maximum Gasteiger partial charge on any atom is 0.316 e. The molecule has 0 bridgehead atoms. The molecule has 4 N–H and O–H groups in total. The normalized spacial score (nSPS) is 17.1. The van der Waals surface area contributed by atoms with Gasteiger partial charge in [0.1, 0.15) is 0 Å². The van der Waals surface area contributed by atoms with Crippen molar-refractivity contribution in [2.24, 2.45) is 11.7 Å². The second-order valence-electron chi connectivity index (χ2n) is 5.19. The van der Waals surface area contributed by atoms with E-state index in [1.165, 1.54) is 25.9 Å². The number of rotatable bonds is 4. The molecule has 104 valence electrons. The molecule has 5 heteroatoms. The molecule has 1 aromatic rings. The Bertz CT molecular complexity index is 410. The van der Waals surface area contributed by atoms with E-state index in [0.717, 1.165) is 23.8 Å². The second kappa shape index (κ2) is 6.43. The molecule has 1 aliphatic rings. The second-order valence-corrected chi connectivity index (χ2v) is 5.19. The third-order valence-electron chi connectivity index (χ3n) is 3.59. The number of hydrogen-bond acceptors (Lipinski definition) is 3. The number of nitrogens with two attached hydrogens (primary N) is 1.